The molecule has 33 heavy (non-hydrogen) atoms. The van der Waals surface area contributed by atoms with Gasteiger partial charge in [-0.3, -0.25) is 4.79 Å². The number of rotatable bonds is 6. The van der Waals surface area contributed by atoms with Crippen LogP contribution in [-0.4, -0.2) is 38.9 Å². The zero-order valence-corrected chi connectivity index (χ0v) is 19.9. The Labute approximate surface area is 196 Å². The van der Waals surface area contributed by atoms with Gasteiger partial charge >= 0.3 is 0 Å². The highest BCUT2D eigenvalue weighted by atomic mass is 16.5. The van der Waals surface area contributed by atoms with Crippen molar-refractivity contribution >= 4 is 0 Å². The molecule has 2 N–H and O–H groups in total. The maximum atomic E-state index is 13.7. The van der Waals surface area contributed by atoms with Crippen LogP contribution < -0.4 is 20.1 Å². The summed E-state index contributed by atoms with van der Waals surface area (Å²) in [4.78, 5) is 16.6. The summed E-state index contributed by atoms with van der Waals surface area (Å²) >= 11 is 0. The molecule has 0 radical (unpaired) electrons. The highest BCUT2D eigenvalue weighted by Crippen LogP contribution is 2.32. The first-order chi connectivity index (χ1) is 16.0. The van der Waals surface area contributed by atoms with Crippen molar-refractivity contribution in [1.29, 1.82) is 0 Å². The van der Waals surface area contributed by atoms with Gasteiger partial charge in [-0.15, -0.1) is 0 Å². The number of methoxy groups -OCH3 is 1. The van der Waals surface area contributed by atoms with Gasteiger partial charge in [0.1, 0.15) is 18.8 Å². The van der Waals surface area contributed by atoms with Crippen LogP contribution >= 0.6 is 0 Å². The first kappa shape index (κ1) is 21.9. The van der Waals surface area contributed by atoms with Gasteiger partial charge in [0, 0.05) is 40.8 Å². The first-order valence-corrected chi connectivity index (χ1v) is 12.1. The number of nitrogens with zero attached hydrogens (tertiary/aromatic N) is 1. The summed E-state index contributed by atoms with van der Waals surface area (Å²) in [6.45, 7) is 4.98. The Morgan fingerprint density at radius 1 is 1.00 bits per heavy atom. The molecule has 0 aliphatic carbocycles. The number of hydrogen-bond donors (Lipinski definition) is 2. The third kappa shape index (κ3) is 4.48. The number of benzene rings is 2. The molecule has 2 aliphatic heterocycles. The van der Waals surface area contributed by atoms with Crippen molar-refractivity contribution in [3.63, 3.8) is 0 Å². The fourth-order valence-electron chi connectivity index (χ4n) is 5.87. The van der Waals surface area contributed by atoms with Gasteiger partial charge in [0.05, 0.1) is 34.3 Å². The minimum absolute atomic E-state index is 0.182. The number of quaternary nitrogens is 2. The molecule has 1 unspecified atom stereocenters. The predicted molar refractivity (Wildman–Crippen MR) is 131 cm³/mol. The minimum Gasteiger partial charge on any atom is -0.497 e. The topological polar surface area (TPSA) is 40.1 Å². The Morgan fingerprint density at radius 2 is 1.79 bits per heavy atom. The van der Waals surface area contributed by atoms with E-state index in [1.807, 2.05) is 18.2 Å². The number of likely N-dealkylation sites (tertiary alicyclic amines) is 1. The van der Waals surface area contributed by atoms with Gasteiger partial charge in [-0.25, -0.2) is 0 Å². The Kier molecular flexibility index (Phi) is 6.09. The third-order valence-electron chi connectivity index (χ3n) is 7.26. The van der Waals surface area contributed by atoms with Gasteiger partial charge in [-0.05, 0) is 48.4 Å². The molecule has 0 saturated carbocycles. The van der Waals surface area contributed by atoms with Gasteiger partial charge in [0.15, 0.2) is 0 Å². The van der Waals surface area contributed by atoms with E-state index in [4.69, 9.17) is 4.74 Å². The van der Waals surface area contributed by atoms with Crippen molar-refractivity contribution in [2.24, 2.45) is 5.92 Å². The van der Waals surface area contributed by atoms with E-state index in [1.54, 1.807) is 12.0 Å². The van der Waals surface area contributed by atoms with Crippen LogP contribution in [0.25, 0.3) is 11.1 Å². The van der Waals surface area contributed by atoms with Crippen LogP contribution in [-0.2, 0) is 19.6 Å². The number of fused-ring (bicyclic) bond motifs is 4. The van der Waals surface area contributed by atoms with E-state index in [9.17, 15) is 4.79 Å². The highest BCUT2D eigenvalue weighted by molar-refractivity contribution is 5.66. The fourth-order valence-corrected chi connectivity index (χ4v) is 5.87. The quantitative estimate of drug-likeness (QED) is 0.602. The molecule has 0 spiro atoms. The molecule has 2 aromatic carbocycles. The van der Waals surface area contributed by atoms with Gasteiger partial charge in [0.25, 0.3) is 5.56 Å². The number of nitrogens with one attached hydrogen (secondary N) is 2. The molecule has 0 amide bonds. The summed E-state index contributed by atoms with van der Waals surface area (Å²) in [7, 11) is 6.01. The van der Waals surface area contributed by atoms with Gasteiger partial charge in [0.2, 0.25) is 0 Å². The molecule has 1 fully saturated rings. The lowest BCUT2D eigenvalue weighted by atomic mass is 9.82. The molecule has 1 aromatic heterocycles. The molecule has 5 nitrogen and oxygen atoms in total. The molecule has 3 heterocycles. The van der Waals surface area contributed by atoms with Crippen molar-refractivity contribution in [3.8, 4) is 16.9 Å². The lowest BCUT2D eigenvalue weighted by molar-refractivity contribution is -0.924. The number of aromatic nitrogens is 1. The highest BCUT2D eigenvalue weighted by Gasteiger charge is 2.37. The van der Waals surface area contributed by atoms with Gasteiger partial charge in [-0.2, -0.15) is 0 Å². The maximum absolute atomic E-state index is 13.7. The molecule has 5 heteroatoms. The second-order valence-corrected chi connectivity index (χ2v) is 10.1. The molecule has 172 valence electrons. The monoisotopic (exact) mass is 445 g/mol. The number of hydrogen-bond acceptors (Lipinski definition) is 2. The number of pyridine rings is 1. The van der Waals surface area contributed by atoms with Crippen LogP contribution in [0.5, 0.6) is 5.75 Å². The largest absolute Gasteiger partial charge is 0.497 e. The normalized spacial score (nSPS) is 21.6. The molecule has 1 saturated heterocycles. The van der Waals surface area contributed by atoms with Crippen molar-refractivity contribution in [3.05, 3.63) is 87.8 Å². The smallest absolute Gasteiger partial charge is 0.258 e. The number of ether oxygens (including phenoxy) is 1. The molecule has 5 rings (SSSR count). The summed E-state index contributed by atoms with van der Waals surface area (Å²) in [5.41, 5.74) is 5.92. The molecular formula is C28H35N3O2+2. The fraction of sp³-hybridized carbons (Fsp3) is 0.393. The summed E-state index contributed by atoms with van der Waals surface area (Å²) in [6, 6.07) is 21.1. The minimum atomic E-state index is 0.182. The summed E-state index contributed by atoms with van der Waals surface area (Å²) < 4.78 is 7.39. The Hall–Kier alpha value is -2.89. The van der Waals surface area contributed by atoms with E-state index in [1.165, 1.54) is 28.1 Å². The molecule has 2 bridgehead atoms. The Balaban J connectivity index is 1.40. The Bertz CT molecular complexity index is 1180. The molecule has 2 aliphatic rings. The predicted octanol–water partition coefficient (Wildman–Crippen LogP) is 1.37. The number of piperidine rings is 1. The van der Waals surface area contributed by atoms with E-state index in [0.717, 1.165) is 49.6 Å². The van der Waals surface area contributed by atoms with Crippen LogP contribution in [0.2, 0.25) is 0 Å². The van der Waals surface area contributed by atoms with Gasteiger partial charge in [-0.1, -0.05) is 24.3 Å². The molecular weight excluding hydrogens is 410 g/mol. The van der Waals surface area contributed by atoms with Crippen molar-refractivity contribution in [2.45, 2.75) is 32.0 Å². The van der Waals surface area contributed by atoms with E-state index in [-0.39, 0.29) is 5.56 Å². The standard InChI is InChI=1S/C28H33N3O2/c1-29(2)18-22-6-4-5-7-25(22)26-12-13-27-23-14-21(17-31(27)28(26)32)16-30(19-23)15-20-8-10-24(33-3)11-9-20/h4-13,21,23H,14-19H2,1-3H3/p+2/t21-,23+/m0/s1. The first-order valence-electron chi connectivity index (χ1n) is 12.1. The summed E-state index contributed by atoms with van der Waals surface area (Å²) in [5.74, 6) is 1.91. The summed E-state index contributed by atoms with van der Waals surface area (Å²) in [5, 5.41) is 0. The SMILES string of the molecule is COc1ccc(C[NH+]2C[C@@H]3C[C@H](C2)c2ccc(-c4ccccc4C[NH+](C)C)c(=O)n2C3)cc1. The average Bonchev–Trinajstić information content (AvgIpc) is 2.80. The Morgan fingerprint density at radius 3 is 2.55 bits per heavy atom. The van der Waals surface area contributed by atoms with E-state index in [0.29, 0.717) is 11.8 Å². The average molecular weight is 446 g/mol. The molecule has 3 atom stereocenters. The lowest BCUT2D eigenvalue weighted by Gasteiger charge is -2.40. The van der Waals surface area contributed by atoms with Crippen LogP contribution in [0.3, 0.4) is 0 Å². The van der Waals surface area contributed by atoms with E-state index < -0.39 is 0 Å². The van der Waals surface area contributed by atoms with Crippen molar-refractivity contribution < 1.29 is 14.5 Å². The van der Waals surface area contributed by atoms with E-state index >= 15 is 0 Å². The van der Waals surface area contributed by atoms with Crippen LogP contribution in [0.4, 0.5) is 0 Å². The second-order valence-electron chi connectivity index (χ2n) is 10.1. The van der Waals surface area contributed by atoms with Crippen molar-refractivity contribution in [2.75, 3.05) is 34.3 Å². The van der Waals surface area contributed by atoms with Gasteiger partial charge < -0.3 is 19.1 Å². The lowest BCUT2D eigenvalue weighted by Crippen LogP contribution is -3.13. The zero-order chi connectivity index (χ0) is 22.9. The zero-order valence-electron chi connectivity index (χ0n) is 19.9. The third-order valence-corrected chi connectivity index (χ3v) is 7.26. The van der Waals surface area contributed by atoms with E-state index in [2.05, 4.69) is 61.1 Å². The van der Waals surface area contributed by atoms with Crippen LogP contribution in [0.1, 0.15) is 29.2 Å². The van der Waals surface area contributed by atoms with Crippen LogP contribution in [0.15, 0.2) is 65.5 Å². The molecule has 3 aromatic rings. The summed E-state index contributed by atoms with van der Waals surface area (Å²) in [6.07, 6.45) is 1.20. The second kappa shape index (κ2) is 9.16. The maximum Gasteiger partial charge on any atom is 0.258 e. The van der Waals surface area contributed by atoms with Crippen LogP contribution in [0, 0.1) is 5.92 Å². The van der Waals surface area contributed by atoms with Crippen molar-refractivity contribution in [1.82, 2.24) is 4.57 Å².